The average molecular weight is 587 g/mol. The summed E-state index contributed by atoms with van der Waals surface area (Å²) in [7, 11) is 0. The largest absolute Gasteiger partial charge is 0.451 e. The van der Waals surface area contributed by atoms with Crippen LogP contribution >= 0.6 is 15.9 Å². The number of pyridine rings is 1. The molecule has 0 N–H and O–H groups in total. The topological polar surface area (TPSA) is 67.2 Å². The predicted octanol–water partition coefficient (Wildman–Crippen LogP) is 5.22. The Hall–Kier alpha value is -2.83. The molecule has 7 nitrogen and oxygen atoms in total. The Morgan fingerprint density at radius 1 is 1.11 bits per heavy atom. The van der Waals surface area contributed by atoms with E-state index in [2.05, 4.69) is 36.0 Å². The molecule has 2 atom stereocenters. The van der Waals surface area contributed by atoms with Gasteiger partial charge in [-0.2, -0.15) is 13.2 Å². The number of halogens is 6. The van der Waals surface area contributed by atoms with Gasteiger partial charge in [0.2, 0.25) is 11.7 Å². The van der Waals surface area contributed by atoms with E-state index in [1.54, 1.807) is 17.2 Å². The molecule has 1 fully saturated rings. The van der Waals surface area contributed by atoms with Gasteiger partial charge in [0.25, 0.3) is 5.92 Å². The minimum atomic E-state index is -4.59. The van der Waals surface area contributed by atoms with Crippen molar-refractivity contribution in [2.24, 2.45) is 11.8 Å². The SMILES string of the molecule is C[C@@H]1CN(c2c(Br)cnc3cc(C(C)(F)F)ccc23)CC[C@@H]1C(=O)N1CCn2c(nnc2C(F)(F)F)C1. The maximum absolute atomic E-state index is 13.8. The number of benzene rings is 1. The molecule has 0 bridgehead atoms. The van der Waals surface area contributed by atoms with Crippen LogP contribution in [-0.4, -0.2) is 50.2 Å². The normalized spacial score (nSPS) is 20.9. The third-order valence-corrected chi connectivity index (χ3v) is 7.74. The van der Waals surface area contributed by atoms with E-state index in [1.807, 2.05) is 6.92 Å². The highest BCUT2D eigenvalue weighted by Crippen LogP contribution is 2.39. The molecule has 198 valence electrons. The minimum Gasteiger partial charge on any atom is -0.370 e. The van der Waals surface area contributed by atoms with Crippen LogP contribution < -0.4 is 4.90 Å². The second kappa shape index (κ2) is 9.17. The molecule has 0 radical (unpaired) electrons. The maximum atomic E-state index is 13.8. The van der Waals surface area contributed by atoms with Gasteiger partial charge in [-0.05, 0) is 34.3 Å². The summed E-state index contributed by atoms with van der Waals surface area (Å²) in [6.45, 7) is 4.04. The van der Waals surface area contributed by atoms with E-state index in [-0.39, 0.29) is 48.8 Å². The van der Waals surface area contributed by atoms with Gasteiger partial charge in [-0.3, -0.25) is 9.78 Å². The van der Waals surface area contributed by atoms with Crippen LogP contribution in [0.25, 0.3) is 10.9 Å². The highest BCUT2D eigenvalue weighted by atomic mass is 79.9. The van der Waals surface area contributed by atoms with Crippen LogP contribution in [0.5, 0.6) is 0 Å². The first-order valence-electron chi connectivity index (χ1n) is 11.8. The molecule has 0 unspecified atom stereocenters. The highest BCUT2D eigenvalue weighted by Gasteiger charge is 2.41. The molecule has 13 heteroatoms. The minimum absolute atomic E-state index is 0.00904. The van der Waals surface area contributed by atoms with Gasteiger partial charge in [-0.25, -0.2) is 8.78 Å². The van der Waals surface area contributed by atoms with Crippen LogP contribution in [0.1, 0.15) is 37.5 Å². The van der Waals surface area contributed by atoms with Crippen molar-refractivity contribution < 1.29 is 26.7 Å². The van der Waals surface area contributed by atoms with Crippen molar-refractivity contribution in [3.8, 4) is 0 Å². The molecule has 2 aromatic heterocycles. The molecule has 4 heterocycles. The van der Waals surface area contributed by atoms with Crippen molar-refractivity contribution in [2.45, 2.75) is 45.5 Å². The number of fused-ring (bicyclic) bond motifs is 2. The van der Waals surface area contributed by atoms with Crippen molar-refractivity contribution >= 4 is 38.4 Å². The lowest BCUT2D eigenvalue weighted by Gasteiger charge is -2.40. The fourth-order valence-corrected chi connectivity index (χ4v) is 5.82. The molecule has 3 aromatic rings. The number of amides is 1. The number of carbonyl (C=O) groups excluding carboxylic acids is 1. The number of alkyl halides is 5. The zero-order valence-corrected chi connectivity index (χ0v) is 21.7. The summed E-state index contributed by atoms with van der Waals surface area (Å²) in [5, 5.41) is 7.67. The predicted molar refractivity (Wildman–Crippen MR) is 129 cm³/mol. The van der Waals surface area contributed by atoms with Gasteiger partial charge in [0.1, 0.15) is 0 Å². The quantitative estimate of drug-likeness (QED) is 0.393. The Labute approximate surface area is 217 Å². The number of hydrogen-bond donors (Lipinski definition) is 0. The van der Waals surface area contributed by atoms with Crippen LogP contribution in [0.2, 0.25) is 0 Å². The molecule has 0 spiro atoms. The van der Waals surface area contributed by atoms with Gasteiger partial charge < -0.3 is 14.4 Å². The molecule has 1 amide bonds. The lowest BCUT2D eigenvalue weighted by atomic mass is 9.85. The van der Waals surface area contributed by atoms with E-state index in [9.17, 15) is 26.7 Å². The number of aromatic nitrogens is 4. The summed E-state index contributed by atoms with van der Waals surface area (Å²) < 4.78 is 68.8. The summed E-state index contributed by atoms with van der Waals surface area (Å²) in [6.07, 6.45) is -2.46. The molecule has 0 aliphatic carbocycles. The van der Waals surface area contributed by atoms with Gasteiger partial charge in [-0.1, -0.05) is 19.1 Å². The standard InChI is InChI=1S/C24H24BrF5N6O/c1-13-11-34(20-16-4-3-14(23(2,26)27)9-18(16)31-10-17(20)25)6-5-15(13)21(37)35-7-8-36-19(12-35)32-33-22(36)24(28,29)30/h3-4,9-10,13,15H,5-8,11-12H2,1-2H3/t13-,15+/m1/s1. The van der Waals surface area contributed by atoms with Crippen molar-refractivity contribution in [1.82, 2.24) is 24.6 Å². The Kier molecular flexibility index (Phi) is 6.40. The molecule has 1 aromatic carbocycles. The van der Waals surface area contributed by atoms with Crippen molar-refractivity contribution in [3.63, 3.8) is 0 Å². The van der Waals surface area contributed by atoms with Gasteiger partial charge in [0, 0.05) is 56.2 Å². The van der Waals surface area contributed by atoms with Crippen molar-refractivity contribution in [2.75, 3.05) is 24.5 Å². The molecule has 2 aliphatic heterocycles. The van der Waals surface area contributed by atoms with Gasteiger partial charge in [-0.15, -0.1) is 10.2 Å². The van der Waals surface area contributed by atoms with E-state index in [0.29, 0.717) is 25.0 Å². The molecule has 2 aliphatic rings. The van der Waals surface area contributed by atoms with Gasteiger partial charge in [0.05, 0.1) is 22.2 Å². The molecular formula is C24H24BrF5N6O. The number of hydrogen-bond acceptors (Lipinski definition) is 5. The molecular weight excluding hydrogens is 563 g/mol. The molecule has 0 saturated carbocycles. The Balaban J connectivity index is 1.32. The smallest absolute Gasteiger partial charge is 0.370 e. The van der Waals surface area contributed by atoms with E-state index >= 15 is 0 Å². The number of nitrogens with zero attached hydrogens (tertiary/aromatic N) is 6. The van der Waals surface area contributed by atoms with E-state index in [0.717, 1.165) is 27.0 Å². The maximum Gasteiger partial charge on any atom is 0.451 e. The lowest BCUT2D eigenvalue weighted by molar-refractivity contribution is -0.148. The Morgan fingerprint density at radius 3 is 2.54 bits per heavy atom. The first-order valence-corrected chi connectivity index (χ1v) is 12.6. The number of carbonyl (C=O) groups is 1. The van der Waals surface area contributed by atoms with Gasteiger partial charge >= 0.3 is 6.18 Å². The average Bonchev–Trinajstić information content (AvgIpc) is 3.26. The van der Waals surface area contributed by atoms with Crippen LogP contribution in [0.4, 0.5) is 27.6 Å². The van der Waals surface area contributed by atoms with E-state index in [1.165, 1.54) is 12.1 Å². The molecule has 5 rings (SSSR count). The summed E-state index contributed by atoms with van der Waals surface area (Å²) in [6, 6.07) is 4.44. The third kappa shape index (κ3) is 4.77. The lowest BCUT2D eigenvalue weighted by Crippen LogP contribution is -2.49. The monoisotopic (exact) mass is 586 g/mol. The molecule has 37 heavy (non-hydrogen) atoms. The summed E-state index contributed by atoms with van der Waals surface area (Å²) >= 11 is 3.55. The first-order chi connectivity index (χ1) is 17.3. The summed E-state index contributed by atoms with van der Waals surface area (Å²) in [4.78, 5) is 21.4. The van der Waals surface area contributed by atoms with Crippen molar-refractivity contribution in [3.05, 3.63) is 46.1 Å². The summed E-state index contributed by atoms with van der Waals surface area (Å²) in [5.74, 6) is -4.36. The van der Waals surface area contributed by atoms with Crippen LogP contribution in [0.15, 0.2) is 28.9 Å². The Bertz CT molecular complexity index is 1350. The van der Waals surface area contributed by atoms with Crippen LogP contribution in [-0.2, 0) is 30.0 Å². The number of rotatable bonds is 3. The number of anilines is 1. The van der Waals surface area contributed by atoms with Crippen LogP contribution in [0.3, 0.4) is 0 Å². The number of piperidine rings is 1. The van der Waals surface area contributed by atoms with E-state index < -0.39 is 17.9 Å². The highest BCUT2D eigenvalue weighted by molar-refractivity contribution is 9.10. The second-order valence-electron chi connectivity index (χ2n) is 9.74. The van der Waals surface area contributed by atoms with E-state index in [4.69, 9.17) is 0 Å². The molecule has 1 saturated heterocycles. The van der Waals surface area contributed by atoms with Gasteiger partial charge in [0.15, 0.2) is 5.82 Å². The second-order valence-corrected chi connectivity index (χ2v) is 10.6. The third-order valence-electron chi connectivity index (χ3n) is 7.16. The van der Waals surface area contributed by atoms with Crippen molar-refractivity contribution in [1.29, 1.82) is 0 Å². The first kappa shape index (κ1) is 25.8. The Morgan fingerprint density at radius 2 is 1.86 bits per heavy atom. The van der Waals surface area contributed by atoms with Crippen LogP contribution in [0, 0.1) is 11.8 Å². The summed E-state index contributed by atoms with van der Waals surface area (Å²) in [5.41, 5.74) is 1.18. The fraction of sp³-hybridized carbons (Fsp3) is 0.500. The zero-order valence-electron chi connectivity index (χ0n) is 20.1. The zero-order chi connectivity index (χ0) is 26.7. The fourth-order valence-electron chi connectivity index (χ4n) is 5.25.